The van der Waals surface area contributed by atoms with Crippen molar-refractivity contribution in [1.82, 2.24) is 4.90 Å². The third kappa shape index (κ3) is 5.09. The van der Waals surface area contributed by atoms with Gasteiger partial charge in [-0.1, -0.05) is 36.2 Å². The van der Waals surface area contributed by atoms with Crippen molar-refractivity contribution < 1.29 is 4.79 Å². The van der Waals surface area contributed by atoms with E-state index in [1.807, 2.05) is 6.07 Å². The lowest BCUT2D eigenvalue weighted by molar-refractivity contribution is -0.127. The molecule has 0 aliphatic rings. The van der Waals surface area contributed by atoms with Crippen molar-refractivity contribution in [2.24, 2.45) is 0 Å². The Morgan fingerprint density at radius 3 is 2.67 bits per heavy atom. The molecule has 0 spiro atoms. The first-order chi connectivity index (χ1) is 8.54. The predicted molar refractivity (Wildman–Crippen MR) is 80.6 cm³/mol. The third-order valence-electron chi connectivity index (χ3n) is 2.40. The van der Waals surface area contributed by atoms with E-state index in [2.05, 4.69) is 6.92 Å². The first-order valence-corrected chi connectivity index (χ1v) is 7.71. The molecule has 100 valence electrons. The average molecular weight is 306 g/mol. The Hall–Kier alpha value is -0.380. The van der Waals surface area contributed by atoms with Crippen LogP contribution in [0, 0.1) is 0 Å². The van der Waals surface area contributed by atoms with Gasteiger partial charge in [0.15, 0.2) is 0 Å². The molecular weight excluding hydrogens is 289 g/mol. The van der Waals surface area contributed by atoms with Crippen LogP contribution >= 0.6 is 35.0 Å². The summed E-state index contributed by atoms with van der Waals surface area (Å²) in [6.07, 6.45) is 1.09. The van der Waals surface area contributed by atoms with Crippen molar-refractivity contribution in [3.8, 4) is 0 Å². The third-order valence-corrected chi connectivity index (χ3v) is 4.29. The van der Waals surface area contributed by atoms with Crippen molar-refractivity contribution in [3.63, 3.8) is 0 Å². The highest BCUT2D eigenvalue weighted by atomic mass is 35.5. The maximum absolute atomic E-state index is 11.8. The molecule has 1 aromatic rings. The Morgan fingerprint density at radius 2 is 2.06 bits per heavy atom. The van der Waals surface area contributed by atoms with Crippen molar-refractivity contribution in [2.75, 3.05) is 18.6 Å². The Bertz CT molecular complexity index is 412. The summed E-state index contributed by atoms with van der Waals surface area (Å²) in [5.41, 5.74) is 0.987. The van der Waals surface area contributed by atoms with Crippen LogP contribution in [0.25, 0.3) is 0 Å². The lowest BCUT2D eigenvalue weighted by Crippen LogP contribution is -2.27. The van der Waals surface area contributed by atoms with Crippen LogP contribution in [0.3, 0.4) is 0 Å². The molecule has 0 unspecified atom stereocenters. The number of amides is 1. The summed E-state index contributed by atoms with van der Waals surface area (Å²) >= 11 is 13.5. The summed E-state index contributed by atoms with van der Waals surface area (Å²) in [5.74, 6) is 1.69. The summed E-state index contributed by atoms with van der Waals surface area (Å²) < 4.78 is 0. The summed E-state index contributed by atoms with van der Waals surface area (Å²) in [5, 5.41) is 1.06. The molecule has 0 fully saturated rings. The molecule has 1 amide bonds. The predicted octanol–water partition coefficient (Wildman–Crippen LogP) is 4.10. The number of nitrogens with zero attached hydrogens (tertiary/aromatic N) is 1. The molecule has 0 N–H and O–H groups in total. The number of hydrogen-bond donors (Lipinski definition) is 0. The zero-order valence-electron chi connectivity index (χ0n) is 10.6. The molecule has 18 heavy (non-hydrogen) atoms. The Kier molecular flexibility index (Phi) is 6.90. The standard InChI is InChI=1S/C13H17Cl2NOS/c1-3-6-18-9-13(17)16(2)8-10-4-5-11(14)12(15)7-10/h4-5,7H,3,6,8-9H2,1-2H3. The second-order valence-corrected chi connectivity index (χ2v) is 5.97. The van der Waals surface area contributed by atoms with Gasteiger partial charge in [0.05, 0.1) is 15.8 Å². The minimum atomic E-state index is 0.138. The average Bonchev–Trinajstić information content (AvgIpc) is 2.34. The van der Waals surface area contributed by atoms with Gasteiger partial charge in [0.2, 0.25) is 5.91 Å². The van der Waals surface area contributed by atoms with E-state index in [0.717, 1.165) is 17.7 Å². The van der Waals surface area contributed by atoms with E-state index >= 15 is 0 Å². The van der Waals surface area contributed by atoms with Crippen molar-refractivity contribution in [3.05, 3.63) is 33.8 Å². The summed E-state index contributed by atoms with van der Waals surface area (Å²) in [6, 6.07) is 5.44. The van der Waals surface area contributed by atoms with E-state index in [1.54, 1.807) is 35.8 Å². The molecule has 0 saturated carbocycles. The fourth-order valence-corrected chi connectivity index (χ4v) is 2.56. The Balaban J connectivity index is 2.50. The highest BCUT2D eigenvalue weighted by molar-refractivity contribution is 7.99. The number of thioether (sulfide) groups is 1. The first-order valence-electron chi connectivity index (χ1n) is 5.80. The number of rotatable bonds is 6. The van der Waals surface area contributed by atoms with Gasteiger partial charge in [-0.25, -0.2) is 0 Å². The van der Waals surface area contributed by atoms with Gasteiger partial charge in [0.1, 0.15) is 0 Å². The largest absolute Gasteiger partial charge is 0.341 e. The molecule has 0 saturated heterocycles. The molecule has 0 aliphatic heterocycles. The number of halogens is 2. The van der Waals surface area contributed by atoms with Gasteiger partial charge >= 0.3 is 0 Å². The molecule has 2 nitrogen and oxygen atoms in total. The molecule has 1 rings (SSSR count). The molecule has 1 aromatic carbocycles. The number of benzene rings is 1. The van der Waals surface area contributed by atoms with Gasteiger partial charge in [-0.15, -0.1) is 0 Å². The van der Waals surface area contributed by atoms with Gasteiger partial charge in [-0.2, -0.15) is 11.8 Å². The molecule has 5 heteroatoms. The van der Waals surface area contributed by atoms with Gasteiger partial charge < -0.3 is 4.90 Å². The van der Waals surface area contributed by atoms with Gasteiger partial charge in [-0.05, 0) is 29.9 Å². The summed E-state index contributed by atoms with van der Waals surface area (Å²) in [7, 11) is 1.80. The molecule has 0 heterocycles. The summed E-state index contributed by atoms with van der Waals surface area (Å²) in [6.45, 7) is 2.67. The minimum absolute atomic E-state index is 0.138. The lowest BCUT2D eigenvalue weighted by atomic mass is 10.2. The van der Waals surface area contributed by atoms with Crippen LogP contribution in [0.4, 0.5) is 0 Å². The monoisotopic (exact) mass is 305 g/mol. The highest BCUT2D eigenvalue weighted by Gasteiger charge is 2.09. The highest BCUT2D eigenvalue weighted by Crippen LogP contribution is 2.23. The van der Waals surface area contributed by atoms with Gasteiger partial charge in [0.25, 0.3) is 0 Å². The van der Waals surface area contributed by atoms with Crippen LogP contribution < -0.4 is 0 Å². The SMILES string of the molecule is CCCSCC(=O)N(C)Cc1ccc(Cl)c(Cl)c1. The van der Waals surface area contributed by atoms with Crippen LogP contribution in [0.15, 0.2) is 18.2 Å². The normalized spacial score (nSPS) is 10.4. The Labute approximate surface area is 123 Å². The zero-order chi connectivity index (χ0) is 13.5. The fourth-order valence-electron chi connectivity index (χ4n) is 1.41. The van der Waals surface area contributed by atoms with E-state index < -0.39 is 0 Å². The van der Waals surface area contributed by atoms with E-state index in [1.165, 1.54) is 0 Å². The second-order valence-electron chi connectivity index (χ2n) is 4.05. The van der Waals surface area contributed by atoms with Gasteiger partial charge in [0, 0.05) is 13.6 Å². The topological polar surface area (TPSA) is 20.3 Å². The van der Waals surface area contributed by atoms with E-state index in [0.29, 0.717) is 22.3 Å². The molecule has 0 aromatic heterocycles. The maximum atomic E-state index is 11.8. The van der Waals surface area contributed by atoms with Crippen molar-refractivity contribution in [1.29, 1.82) is 0 Å². The van der Waals surface area contributed by atoms with E-state index in [4.69, 9.17) is 23.2 Å². The molecular formula is C13H17Cl2NOS. The van der Waals surface area contributed by atoms with E-state index in [-0.39, 0.29) is 5.91 Å². The molecule has 0 atom stereocenters. The smallest absolute Gasteiger partial charge is 0.232 e. The number of carbonyl (C=O) groups is 1. The molecule has 0 radical (unpaired) electrons. The zero-order valence-corrected chi connectivity index (χ0v) is 12.9. The molecule has 0 bridgehead atoms. The van der Waals surface area contributed by atoms with Crippen LogP contribution in [0.2, 0.25) is 10.0 Å². The number of carbonyl (C=O) groups excluding carboxylic acids is 1. The van der Waals surface area contributed by atoms with Crippen LogP contribution in [0.5, 0.6) is 0 Å². The Morgan fingerprint density at radius 1 is 1.33 bits per heavy atom. The van der Waals surface area contributed by atoms with Crippen LogP contribution in [-0.4, -0.2) is 29.4 Å². The van der Waals surface area contributed by atoms with Crippen LogP contribution in [0.1, 0.15) is 18.9 Å². The van der Waals surface area contributed by atoms with Crippen molar-refractivity contribution >= 4 is 40.9 Å². The van der Waals surface area contributed by atoms with Crippen molar-refractivity contribution in [2.45, 2.75) is 19.9 Å². The number of hydrogen-bond acceptors (Lipinski definition) is 2. The molecule has 0 aliphatic carbocycles. The van der Waals surface area contributed by atoms with Gasteiger partial charge in [-0.3, -0.25) is 4.79 Å². The first kappa shape index (κ1) is 15.7. The summed E-state index contributed by atoms with van der Waals surface area (Å²) in [4.78, 5) is 13.5. The fraction of sp³-hybridized carbons (Fsp3) is 0.462. The van der Waals surface area contributed by atoms with Crippen LogP contribution in [-0.2, 0) is 11.3 Å². The minimum Gasteiger partial charge on any atom is -0.341 e. The maximum Gasteiger partial charge on any atom is 0.232 e. The second kappa shape index (κ2) is 7.93. The lowest BCUT2D eigenvalue weighted by Gasteiger charge is -2.17. The quantitative estimate of drug-likeness (QED) is 0.738. The van der Waals surface area contributed by atoms with E-state index in [9.17, 15) is 4.79 Å².